The van der Waals surface area contributed by atoms with Crippen LogP contribution in [0.1, 0.15) is 24.1 Å². The van der Waals surface area contributed by atoms with E-state index in [9.17, 15) is 0 Å². The molecule has 3 rings (SSSR count). The molecule has 2 aromatic rings. The van der Waals surface area contributed by atoms with Crippen molar-refractivity contribution in [2.45, 2.75) is 19.3 Å². The molecule has 1 heterocycles. The number of ether oxygens (including phenoxy) is 2. The number of hydrogen-bond acceptors (Lipinski definition) is 5. The van der Waals surface area contributed by atoms with Gasteiger partial charge < -0.3 is 14.6 Å². The zero-order valence-electron chi connectivity index (χ0n) is 17.0. The molecule has 1 fully saturated rings. The van der Waals surface area contributed by atoms with Gasteiger partial charge in [0, 0.05) is 37.7 Å². The van der Waals surface area contributed by atoms with Crippen LogP contribution in [0.25, 0.3) is 0 Å². The first-order valence-electron chi connectivity index (χ1n) is 10.3. The minimum atomic E-state index is -0.732. The Balaban J connectivity index is 1.52. The molecule has 1 aliphatic heterocycles. The third kappa shape index (κ3) is 7.07. The predicted octanol–water partition coefficient (Wildman–Crippen LogP) is 3.42. The van der Waals surface area contributed by atoms with Crippen molar-refractivity contribution >= 4 is 11.6 Å². The lowest BCUT2D eigenvalue weighted by atomic mass is 9.96. The molecule has 1 aliphatic rings. The Bertz CT molecular complexity index is 704. The average molecular weight is 419 g/mol. The first-order chi connectivity index (χ1) is 14.1. The van der Waals surface area contributed by atoms with E-state index in [1.165, 1.54) is 11.1 Å². The molecule has 0 aromatic heterocycles. The average Bonchev–Trinajstić information content (AvgIpc) is 2.74. The van der Waals surface area contributed by atoms with Crippen LogP contribution in [-0.4, -0.2) is 73.7 Å². The summed E-state index contributed by atoms with van der Waals surface area (Å²) in [7, 11) is 0. The Labute approximate surface area is 178 Å². The van der Waals surface area contributed by atoms with Crippen LogP contribution in [-0.2, 0) is 9.47 Å². The molecule has 0 bridgehead atoms. The van der Waals surface area contributed by atoms with Gasteiger partial charge in [0.1, 0.15) is 0 Å². The molecule has 5 nitrogen and oxygen atoms in total. The molecular formula is C23H31ClN2O3. The van der Waals surface area contributed by atoms with Gasteiger partial charge in [-0.15, -0.1) is 0 Å². The molecular weight excluding hydrogens is 388 g/mol. The Hall–Kier alpha value is -1.47. The third-order valence-corrected chi connectivity index (χ3v) is 5.46. The van der Waals surface area contributed by atoms with Gasteiger partial charge in [-0.1, -0.05) is 54.1 Å². The van der Waals surface area contributed by atoms with Crippen molar-refractivity contribution in [3.8, 4) is 0 Å². The molecule has 158 valence electrons. The summed E-state index contributed by atoms with van der Waals surface area (Å²) in [6.07, 6.45) is -0.732. The fourth-order valence-corrected chi connectivity index (χ4v) is 3.84. The van der Waals surface area contributed by atoms with E-state index in [1.807, 2.05) is 12.1 Å². The standard InChI is InChI=1S/C23H31ClN2O3/c1-19(27)29-18-17-28-16-15-25-11-13-26(14-12-25)23(20-5-3-2-4-6-20)21-7-9-22(24)10-8-21/h2-10,19,23,27H,11-18H2,1H3. The van der Waals surface area contributed by atoms with E-state index < -0.39 is 6.29 Å². The van der Waals surface area contributed by atoms with Crippen LogP contribution >= 0.6 is 11.6 Å². The van der Waals surface area contributed by atoms with Crippen LogP contribution in [0.5, 0.6) is 0 Å². The Morgan fingerprint density at radius 2 is 1.55 bits per heavy atom. The number of aliphatic hydroxyl groups excluding tert-OH is 1. The summed E-state index contributed by atoms with van der Waals surface area (Å²) in [5.74, 6) is 0. The van der Waals surface area contributed by atoms with E-state index in [2.05, 4.69) is 52.3 Å². The number of aliphatic hydroxyl groups is 1. The summed E-state index contributed by atoms with van der Waals surface area (Å²) in [6.45, 7) is 8.19. The molecule has 0 amide bonds. The maximum Gasteiger partial charge on any atom is 0.151 e. The van der Waals surface area contributed by atoms with E-state index in [4.69, 9.17) is 26.2 Å². The molecule has 0 radical (unpaired) electrons. The van der Waals surface area contributed by atoms with Crippen molar-refractivity contribution in [2.24, 2.45) is 0 Å². The van der Waals surface area contributed by atoms with E-state index >= 15 is 0 Å². The molecule has 2 aromatic carbocycles. The molecule has 0 aliphatic carbocycles. The van der Waals surface area contributed by atoms with Crippen LogP contribution in [0.4, 0.5) is 0 Å². The van der Waals surface area contributed by atoms with Crippen LogP contribution in [0.15, 0.2) is 54.6 Å². The quantitative estimate of drug-likeness (QED) is 0.473. The van der Waals surface area contributed by atoms with Crippen LogP contribution in [0.3, 0.4) is 0 Å². The van der Waals surface area contributed by atoms with Gasteiger partial charge in [0.2, 0.25) is 0 Å². The van der Waals surface area contributed by atoms with Crippen LogP contribution in [0, 0.1) is 0 Å². The number of piperazine rings is 1. The van der Waals surface area contributed by atoms with Gasteiger partial charge in [0.15, 0.2) is 6.29 Å². The molecule has 1 saturated heterocycles. The molecule has 2 unspecified atom stereocenters. The first kappa shape index (κ1) is 22.2. The summed E-state index contributed by atoms with van der Waals surface area (Å²) in [4.78, 5) is 4.99. The summed E-state index contributed by atoms with van der Waals surface area (Å²) < 4.78 is 10.7. The van der Waals surface area contributed by atoms with Crippen molar-refractivity contribution in [1.29, 1.82) is 0 Å². The SMILES string of the molecule is CC(O)OCCOCCN1CCN(C(c2ccccc2)c2ccc(Cl)cc2)CC1. The highest BCUT2D eigenvalue weighted by Gasteiger charge is 2.26. The second kappa shape index (κ2) is 11.6. The monoisotopic (exact) mass is 418 g/mol. The van der Waals surface area contributed by atoms with Crippen molar-refractivity contribution in [3.63, 3.8) is 0 Å². The third-order valence-electron chi connectivity index (χ3n) is 5.21. The molecule has 1 N–H and O–H groups in total. The smallest absolute Gasteiger partial charge is 0.151 e. The highest BCUT2D eigenvalue weighted by molar-refractivity contribution is 6.30. The lowest BCUT2D eigenvalue weighted by molar-refractivity contribution is -0.100. The summed E-state index contributed by atoms with van der Waals surface area (Å²) in [5.41, 5.74) is 2.58. The summed E-state index contributed by atoms with van der Waals surface area (Å²) in [6, 6.07) is 19.1. The minimum absolute atomic E-state index is 0.240. The Kier molecular flexibility index (Phi) is 8.92. The van der Waals surface area contributed by atoms with Gasteiger partial charge in [-0.3, -0.25) is 9.80 Å². The topological polar surface area (TPSA) is 45.2 Å². The van der Waals surface area contributed by atoms with E-state index in [-0.39, 0.29) is 6.04 Å². The van der Waals surface area contributed by atoms with Gasteiger partial charge in [-0.25, -0.2) is 0 Å². The maximum absolute atomic E-state index is 9.06. The van der Waals surface area contributed by atoms with Crippen molar-refractivity contribution < 1.29 is 14.6 Å². The summed E-state index contributed by atoms with van der Waals surface area (Å²) >= 11 is 6.11. The van der Waals surface area contributed by atoms with E-state index in [0.717, 1.165) is 37.7 Å². The van der Waals surface area contributed by atoms with Gasteiger partial charge in [0.05, 0.1) is 25.9 Å². The molecule has 29 heavy (non-hydrogen) atoms. The first-order valence-corrected chi connectivity index (χ1v) is 10.7. The normalized spacial score (nSPS) is 17.9. The van der Waals surface area contributed by atoms with Crippen molar-refractivity contribution in [3.05, 3.63) is 70.7 Å². The summed E-state index contributed by atoms with van der Waals surface area (Å²) in [5, 5.41) is 9.83. The largest absolute Gasteiger partial charge is 0.378 e. The molecule has 0 spiro atoms. The number of hydrogen-bond donors (Lipinski definition) is 1. The highest BCUT2D eigenvalue weighted by Crippen LogP contribution is 2.30. The van der Waals surface area contributed by atoms with Crippen molar-refractivity contribution in [2.75, 3.05) is 52.5 Å². The Morgan fingerprint density at radius 1 is 0.897 bits per heavy atom. The molecule has 2 atom stereocenters. The minimum Gasteiger partial charge on any atom is -0.378 e. The van der Waals surface area contributed by atoms with Crippen LogP contribution < -0.4 is 0 Å². The van der Waals surface area contributed by atoms with Gasteiger partial charge >= 0.3 is 0 Å². The zero-order chi connectivity index (χ0) is 20.5. The number of benzene rings is 2. The second-order valence-corrected chi connectivity index (χ2v) is 7.76. The predicted molar refractivity (Wildman–Crippen MR) is 116 cm³/mol. The van der Waals surface area contributed by atoms with E-state index in [1.54, 1.807) is 6.92 Å². The van der Waals surface area contributed by atoms with Gasteiger partial charge in [-0.2, -0.15) is 0 Å². The van der Waals surface area contributed by atoms with E-state index in [0.29, 0.717) is 19.8 Å². The maximum atomic E-state index is 9.06. The molecule has 0 saturated carbocycles. The number of halogens is 1. The van der Waals surface area contributed by atoms with Crippen LogP contribution in [0.2, 0.25) is 5.02 Å². The second-order valence-electron chi connectivity index (χ2n) is 7.32. The Morgan fingerprint density at radius 3 is 2.21 bits per heavy atom. The van der Waals surface area contributed by atoms with Gasteiger partial charge in [0.25, 0.3) is 0 Å². The number of nitrogens with zero attached hydrogens (tertiary/aromatic N) is 2. The fraction of sp³-hybridized carbons (Fsp3) is 0.478. The molecule has 6 heteroatoms. The lowest BCUT2D eigenvalue weighted by Crippen LogP contribution is -2.48. The van der Waals surface area contributed by atoms with Crippen molar-refractivity contribution in [1.82, 2.24) is 9.80 Å². The highest BCUT2D eigenvalue weighted by atomic mass is 35.5. The zero-order valence-corrected chi connectivity index (χ0v) is 17.8. The van der Waals surface area contributed by atoms with Gasteiger partial charge in [-0.05, 0) is 30.2 Å². The lowest BCUT2D eigenvalue weighted by Gasteiger charge is -2.39. The fourth-order valence-electron chi connectivity index (χ4n) is 3.71. The number of rotatable bonds is 10.